The number of thioether (sulfide) groups is 1. The van der Waals surface area contributed by atoms with Crippen molar-refractivity contribution in [3.8, 4) is 11.1 Å². The maximum atomic E-state index is 12.7. The Bertz CT molecular complexity index is 1190. The first-order valence-electron chi connectivity index (χ1n) is 8.97. The zero-order valence-corrected chi connectivity index (χ0v) is 16.4. The van der Waals surface area contributed by atoms with Crippen molar-refractivity contribution in [2.24, 2.45) is 0 Å². The van der Waals surface area contributed by atoms with Gasteiger partial charge in [0.25, 0.3) is 5.22 Å². The molecule has 0 bridgehead atoms. The van der Waals surface area contributed by atoms with E-state index in [1.807, 2.05) is 0 Å². The highest BCUT2D eigenvalue weighted by Gasteiger charge is 2.30. The number of benzene rings is 3. The number of fused-ring (bicyclic) bond motifs is 1. The van der Waals surface area contributed by atoms with Crippen LogP contribution in [0.1, 0.15) is 16.7 Å². The van der Waals surface area contributed by atoms with Gasteiger partial charge >= 0.3 is 12.4 Å². The molecule has 0 aliphatic carbocycles. The fourth-order valence-corrected chi connectivity index (χ4v) is 3.73. The minimum Gasteiger partial charge on any atom is -0.431 e. The van der Waals surface area contributed by atoms with Crippen molar-refractivity contribution in [3.05, 3.63) is 83.4 Å². The second kappa shape index (κ2) is 7.96. The van der Waals surface area contributed by atoms with E-state index in [1.165, 1.54) is 36.0 Å². The molecule has 0 aliphatic heterocycles. The fourth-order valence-electron chi connectivity index (χ4n) is 2.93. The number of nitrogens with zero attached hydrogens (tertiary/aromatic N) is 1. The molecule has 0 saturated carbocycles. The third-order valence-electron chi connectivity index (χ3n) is 4.56. The van der Waals surface area contributed by atoms with Crippen LogP contribution in [0.25, 0.3) is 22.2 Å². The summed E-state index contributed by atoms with van der Waals surface area (Å²) in [6.45, 7) is 0. The number of alkyl halides is 6. The van der Waals surface area contributed by atoms with Crippen LogP contribution in [-0.2, 0) is 18.1 Å². The Morgan fingerprint density at radius 1 is 0.710 bits per heavy atom. The van der Waals surface area contributed by atoms with Crippen LogP contribution >= 0.6 is 11.8 Å². The maximum absolute atomic E-state index is 12.7. The molecule has 9 heteroatoms. The van der Waals surface area contributed by atoms with E-state index in [9.17, 15) is 26.3 Å². The fraction of sp³-hybridized carbons (Fsp3) is 0.136. The smallest absolute Gasteiger partial charge is 0.416 e. The van der Waals surface area contributed by atoms with Gasteiger partial charge in [-0.2, -0.15) is 26.3 Å². The lowest BCUT2D eigenvalue weighted by atomic mass is 10.0. The van der Waals surface area contributed by atoms with Crippen LogP contribution in [-0.4, -0.2) is 4.98 Å². The summed E-state index contributed by atoms with van der Waals surface area (Å²) in [5.74, 6) is 0.372. The summed E-state index contributed by atoms with van der Waals surface area (Å²) in [6.07, 6.45) is -8.77. The van der Waals surface area contributed by atoms with Gasteiger partial charge in [0, 0.05) is 5.75 Å². The lowest BCUT2D eigenvalue weighted by Crippen LogP contribution is -2.04. The summed E-state index contributed by atoms with van der Waals surface area (Å²) in [5, 5.41) is 0.347. The van der Waals surface area contributed by atoms with E-state index in [0.29, 0.717) is 38.8 Å². The van der Waals surface area contributed by atoms with Crippen LogP contribution in [0.5, 0.6) is 0 Å². The molecule has 0 amide bonds. The molecule has 1 heterocycles. The monoisotopic (exact) mass is 453 g/mol. The highest BCUT2D eigenvalue weighted by Crippen LogP contribution is 2.33. The van der Waals surface area contributed by atoms with E-state index in [-0.39, 0.29) is 0 Å². The molecule has 2 nitrogen and oxygen atoms in total. The lowest BCUT2D eigenvalue weighted by Gasteiger charge is -2.07. The number of hydrogen-bond donors (Lipinski definition) is 0. The van der Waals surface area contributed by atoms with Crippen molar-refractivity contribution < 1.29 is 30.8 Å². The van der Waals surface area contributed by atoms with Crippen molar-refractivity contribution in [2.75, 3.05) is 0 Å². The molecule has 0 unspecified atom stereocenters. The average Bonchev–Trinajstić information content (AvgIpc) is 3.13. The second-order valence-electron chi connectivity index (χ2n) is 6.72. The lowest BCUT2D eigenvalue weighted by molar-refractivity contribution is -0.138. The first kappa shape index (κ1) is 21.3. The minimum atomic E-state index is -4.40. The van der Waals surface area contributed by atoms with Crippen LogP contribution in [0.2, 0.25) is 0 Å². The van der Waals surface area contributed by atoms with Gasteiger partial charge in [-0.1, -0.05) is 42.1 Å². The number of oxazole rings is 1. The largest absolute Gasteiger partial charge is 0.431 e. The molecule has 31 heavy (non-hydrogen) atoms. The zero-order valence-electron chi connectivity index (χ0n) is 15.6. The van der Waals surface area contributed by atoms with Crippen molar-refractivity contribution in [2.45, 2.75) is 23.3 Å². The van der Waals surface area contributed by atoms with Crippen molar-refractivity contribution in [1.82, 2.24) is 4.98 Å². The van der Waals surface area contributed by atoms with Crippen LogP contribution in [0, 0.1) is 0 Å². The molecule has 0 saturated heterocycles. The number of hydrogen-bond acceptors (Lipinski definition) is 3. The van der Waals surface area contributed by atoms with E-state index in [1.54, 1.807) is 18.2 Å². The molecular formula is C22H13F6NOS. The Hall–Kier alpha value is -2.94. The summed E-state index contributed by atoms with van der Waals surface area (Å²) < 4.78 is 81.8. The molecule has 0 atom stereocenters. The highest BCUT2D eigenvalue weighted by atomic mass is 32.2. The van der Waals surface area contributed by atoms with Gasteiger partial charge in [0.05, 0.1) is 11.1 Å². The van der Waals surface area contributed by atoms with Gasteiger partial charge in [0.15, 0.2) is 5.58 Å². The molecular weight excluding hydrogens is 440 g/mol. The predicted octanol–water partition coefficient (Wildman–Crippen LogP) is 7.82. The van der Waals surface area contributed by atoms with Gasteiger partial charge < -0.3 is 4.42 Å². The maximum Gasteiger partial charge on any atom is 0.416 e. The molecule has 0 N–H and O–H groups in total. The topological polar surface area (TPSA) is 26.0 Å². The van der Waals surface area contributed by atoms with Gasteiger partial charge in [-0.15, -0.1) is 0 Å². The van der Waals surface area contributed by atoms with Crippen LogP contribution in [0.3, 0.4) is 0 Å². The molecule has 0 spiro atoms. The summed E-state index contributed by atoms with van der Waals surface area (Å²) in [4.78, 5) is 4.33. The van der Waals surface area contributed by atoms with Crippen LogP contribution in [0.15, 0.2) is 76.4 Å². The minimum absolute atomic E-state index is 0.347. The van der Waals surface area contributed by atoms with Crippen molar-refractivity contribution in [1.29, 1.82) is 0 Å². The third kappa shape index (κ3) is 4.87. The van der Waals surface area contributed by atoms with Gasteiger partial charge in [-0.25, -0.2) is 4.98 Å². The third-order valence-corrected chi connectivity index (χ3v) is 5.46. The number of rotatable bonds is 4. The van der Waals surface area contributed by atoms with Gasteiger partial charge in [-0.05, 0) is 53.1 Å². The molecule has 0 radical (unpaired) electrons. The Balaban J connectivity index is 1.49. The Kier molecular flexibility index (Phi) is 5.47. The Morgan fingerprint density at radius 2 is 1.26 bits per heavy atom. The standard InChI is InChI=1S/C22H13F6NOS/c23-21(24,25)16-6-1-13(2-7-16)12-31-20-29-18-10-5-15(11-19(18)30-20)14-3-8-17(9-4-14)22(26,27)28/h1-11H,12H2. The zero-order chi connectivity index (χ0) is 22.2. The quantitative estimate of drug-likeness (QED) is 0.233. The summed E-state index contributed by atoms with van der Waals surface area (Å²) in [6, 6.07) is 14.8. The van der Waals surface area contributed by atoms with E-state index in [2.05, 4.69) is 4.98 Å². The summed E-state index contributed by atoms with van der Waals surface area (Å²) in [7, 11) is 0. The SMILES string of the molecule is FC(F)(F)c1ccc(CSc2nc3ccc(-c4ccc(C(F)(F)F)cc4)cc3o2)cc1. The number of aromatic nitrogens is 1. The van der Waals surface area contributed by atoms with Crippen LogP contribution < -0.4 is 0 Å². The highest BCUT2D eigenvalue weighted by molar-refractivity contribution is 7.98. The van der Waals surface area contributed by atoms with Gasteiger partial charge in [0.1, 0.15) is 5.52 Å². The van der Waals surface area contributed by atoms with Crippen molar-refractivity contribution >= 4 is 22.9 Å². The predicted molar refractivity (Wildman–Crippen MR) is 105 cm³/mol. The Labute approximate surface area is 176 Å². The molecule has 3 aromatic carbocycles. The van der Waals surface area contributed by atoms with E-state index < -0.39 is 23.5 Å². The first-order valence-corrected chi connectivity index (χ1v) is 9.95. The van der Waals surface area contributed by atoms with Crippen LogP contribution in [0.4, 0.5) is 26.3 Å². The molecule has 0 fully saturated rings. The summed E-state index contributed by atoms with van der Waals surface area (Å²) >= 11 is 1.23. The van der Waals surface area contributed by atoms with E-state index >= 15 is 0 Å². The molecule has 4 aromatic rings. The van der Waals surface area contributed by atoms with E-state index in [0.717, 1.165) is 24.3 Å². The molecule has 0 aliphatic rings. The summed E-state index contributed by atoms with van der Waals surface area (Å²) in [5.41, 5.74) is 1.57. The average molecular weight is 453 g/mol. The normalized spacial score (nSPS) is 12.5. The second-order valence-corrected chi connectivity index (χ2v) is 7.65. The van der Waals surface area contributed by atoms with Crippen molar-refractivity contribution in [3.63, 3.8) is 0 Å². The molecule has 1 aromatic heterocycles. The molecule has 4 rings (SSSR count). The van der Waals surface area contributed by atoms with Gasteiger partial charge in [0.2, 0.25) is 0 Å². The first-order chi connectivity index (χ1) is 14.6. The number of halogens is 6. The molecule has 160 valence electrons. The van der Waals surface area contributed by atoms with Gasteiger partial charge in [-0.3, -0.25) is 0 Å². The van der Waals surface area contributed by atoms with E-state index in [4.69, 9.17) is 4.42 Å². The Morgan fingerprint density at radius 3 is 1.84 bits per heavy atom.